The summed E-state index contributed by atoms with van der Waals surface area (Å²) in [6, 6.07) is 8.19. The first-order valence-electron chi connectivity index (χ1n) is 14.0. The molecule has 39 heavy (non-hydrogen) atoms. The van der Waals surface area contributed by atoms with E-state index in [2.05, 4.69) is 53.4 Å². The number of anilines is 1. The molecular weight excluding hydrogens is 488 g/mol. The fourth-order valence-electron chi connectivity index (χ4n) is 5.87. The molecular formula is C29H34N10. The molecule has 5 aromatic rings. The smallest absolute Gasteiger partial charge is 0.161 e. The van der Waals surface area contributed by atoms with Gasteiger partial charge in [0.25, 0.3) is 0 Å². The molecule has 3 N–H and O–H groups in total. The number of imidazole rings is 1. The van der Waals surface area contributed by atoms with Gasteiger partial charge in [-0.15, -0.1) is 0 Å². The monoisotopic (exact) mass is 522 g/mol. The molecule has 1 saturated heterocycles. The van der Waals surface area contributed by atoms with Crippen molar-refractivity contribution in [1.29, 1.82) is 0 Å². The zero-order chi connectivity index (χ0) is 26.2. The first-order chi connectivity index (χ1) is 19.2. The van der Waals surface area contributed by atoms with Gasteiger partial charge in [-0.25, -0.2) is 15.0 Å². The quantitative estimate of drug-likeness (QED) is 0.294. The summed E-state index contributed by atoms with van der Waals surface area (Å²) in [6.07, 6.45) is 11.1. The van der Waals surface area contributed by atoms with Crippen molar-refractivity contribution in [2.75, 3.05) is 44.7 Å². The molecule has 2 aliphatic rings. The van der Waals surface area contributed by atoms with Crippen LogP contribution in [0.5, 0.6) is 0 Å². The van der Waals surface area contributed by atoms with Crippen molar-refractivity contribution in [3.05, 3.63) is 48.4 Å². The Bertz CT molecular complexity index is 1590. The molecule has 1 saturated carbocycles. The van der Waals surface area contributed by atoms with Crippen LogP contribution in [0.25, 0.3) is 44.8 Å². The average Bonchev–Trinajstić information content (AvgIpc) is 3.73. The number of hydrogen-bond donors (Lipinski definition) is 3. The second kappa shape index (κ2) is 10.3. The zero-order valence-corrected chi connectivity index (χ0v) is 22.3. The normalized spacial score (nSPS) is 17.1. The van der Waals surface area contributed by atoms with Gasteiger partial charge in [-0.1, -0.05) is 12.8 Å². The number of aromatic amines is 2. The number of nitrogens with zero attached hydrogens (tertiary/aromatic N) is 7. The van der Waals surface area contributed by atoms with E-state index in [4.69, 9.17) is 9.97 Å². The largest absolute Gasteiger partial charge is 0.352 e. The Kier molecular flexibility index (Phi) is 6.41. The van der Waals surface area contributed by atoms with Crippen molar-refractivity contribution in [3.8, 4) is 22.8 Å². The molecule has 0 atom stereocenters. The van der Waals surface area contributed by atoms with Crippen molar-refractivity contribution < 1.29 is 0 Å². The lowest BCUT2D eigenvalue weighted by atomic mass is 10.1. The maximum absolute atomic E-state index is 5.01. The van der Waals surface area contributed by atoms with E-state index in [1.807, 2.05) is 36.8 Å². The first kappa shape index (κ1) is 24.2. The van der Waals surface area contributed by atoms with Gasteiger partial charge in [-0.3, -0.25) is 10.1 Å². The predicted octanol–water partition coefficient (Wildman–Crippen LogP) is 3.99. The van der Waals surface area contributed by atoms with Crippen LogP contribution in [0, 0.1) is 5.92 Å². The minimum absolute atomic E-state index is 0.687. The van der Waals surface area contributed by atoms with Crippen LogP contribution in [0.4, 0.5) is 5.82 Å². The standard InChI is InChI=1S/C29H34N10/c1-38-10-12-39(13-11-38)29-26-23(8-9-32-29)34-28(35-26)27-25-24(36-37-27)7-6-22(33-25)21-14-20(17-31-18-21)16-30-15-19-4-2-3-5-19/h6-9,14,17-19,30H,2-5,10-13,15-16H2,1H3,(H,34,35)(H,36,37). The fraction of sp³-hybridized carbons (Fsp3) is 0.414. The van der Waals surface area contributed by atoms with Crippen LogP contribution in [0.1, 0.15) is 31.2 Å². The molecule has 2 fully saturated rings. The lowest BCUT2D eigenvalue weighted by Gasteiger charge is -2.33. The minimum Gasteiger partial charge on any atom is -0.352 e. The van der Waals surface area contributed by atoms with E-state index in [9.17, 15) is 0 Å². The number of rotatable bonds is 7. The molecule has 7 rings (SSSR count). The molecule has 5 aromatic heterocycles. The summed E-state index contributed by atoms with van der Waals surface area (Å²) in [5.74, 6) is 2.42. The summed E-state index contributed by atoms with van der Waals surface area (Å²) < 4.78 is 0. The van der Waals surface area contributed by atoms with Crippen molar-refractivity contribution in [2.45, 2.75) is 32.2 Å². The summed E-state index contributed by atoms with van der Waals surface area (Å²) in [7, 11) is 2.16. The van der Waals surface area contributed by atoms with Crippen LogP contribution >= 0.6 is 0 Å². The highest BCUT2D eigenvalue weighted by Crippen LogP contribution is 2.30. The molecule has 10 nitrogen and oxygen atoms in total. The van der Waals surface area contributed by atoms with Gasteiger partial charge in [0.15, 0.2) is 17.3 Å². The highest BCUT2D eigenvalue weighted by atomic mass is 15.3. The number of aromatic nitrogens is 7. The van der Waals surface area contributed by atoms with E-state index in [1.54, 1.807) is 0 Å². The minimum atomic E-state index is 0.687. The summed E-state index contributed by atoms with van der Waals surface area (Å²) in [5, 5.41) is 11.3. The van der Waals surface area contributed by atoms with Crippen LogP contribution in [0.15, 0.2) is 42.9 Å². The van der Waals surface area contributed by atoms with Gasteiger partial charge in [0.1, 0.15) is 11.0 Å². The van der Waals surface area contributed by atoms with Gasteiger partial charge < -0.3 is 20.1 Å². The average molecular weight is 523 g/mol. The Morgan fingerprint density at radius 2 is 1.85 bits per heavy atom. The van der Waals surface area contributed by atoms with E-state index in [0.29, 0.717) is 11.5 Å². The second-order valence-electron chi connectivity index (χ2n) is 10.9. The molecule has 1 aliphatic heterocycles. The summed E-state index contributed by atoms with van der Waals surface area (Å²) in [4.78, 5) is 27.3. The van der Waals surface area contributed by atoms with Crippen LogP contribution in [0.3, 0.4) is 0 Å². The highest BCUT2D eigenvalue weighted by molar-refractivity contribution is 5.94. The van der Waals surface area contributed by atoms with E-state index in [1.165, 1.54) is 31.2 Å². The Labute approximate surface area is 227 Å². The lowest BCUT2D eigenvalue weighted by Crippen LogP contribution is -2.44. The molecule has 10 heteroatoms. The Morgan fingerprint density at radius 1 is 0.974 bits per heavy atom. The number of H-pyrrole nitrogens is 2. The van der Waals surface area contributed by atoms with Gasteiger partial charge in [-0.05, 0) is 62.2 Å². The van der Waals surface area contributed by atoms with Crippen LogP contribution < -0.4 is 10.2 Å². The third-order valence-electron chi connectivity index (χ3n) is 8.14. The molecule has 0 aromatic carbocycles. The highest BCUT2D eigenvalue weighted by Gasteiger charge is 2.21. The molecule has 0 radical (unpaired) electrons. The van der Waals surface area contributed by atoms with Gasteiger partial charge in [0.05, 0.1) is 16.7 Å². The van der Waals surface area contributed by atoms with Crippen molar-refractivity contribution in [1.82, 2.24) is 45.3 Å². The van der Waals surface area contributed by atoms with Crippen LogP contribution in [0.2, 0.25) is 0 Å². The van der Waals surface area contributed by atoms with Gasteiger partial charge >= 0.3 is 0 Å². The second-order valence-corrected chi connectivity index (χ2v) is 10.9. The van der Waals surface area contributed by atoms with Gasteiger partial charge in [0, 0.05) is 56.9 Å². The lowest BCUT2D eigenvalue weighted by molar-refractivity contribution is 0.312. The van der Waals surface area contributed by atoms with Crippen molar-refractivity contribution in [2.24, 2.45) is 5.92 Å². The number of pyridine rings is 3. The van der Waals surface area contributed by atoms with Gasteiger partial charge in [-0.2, -0.15) is 5.10 Å². The third kappa shape index (κ3) is 4.86. The molecule has 0 bridgehead atoms. The first-order valence-corrected chi connectivity index (χ1v) is 14.0. The van der Waals surface area contributed by atoms with Crippen LogP contribution in [-0.2, 0) is 6.54 Å². The third-order valence-corrected chi connectivity index (χ3v) is 8.14. The SMILES string of the molecule is CN1CCN(c2nccc3[nH]c(-c4n[nH]c5ccc(-c6cncc(CNCC7CCCC7)c6)nc45)nc23)CC1. The van der Waals surface area contributed by atoms with Crippen LogP contribution in [-0.4, -0.2) is 79.8 Å². The summed E-state index contributed by atoms with van der Waals surface area (Å²) in [5.41, 5.74) is 7.20. The topological polar surface area (TPSA) is 115 Å². The Morgan fingerprint density at radius 3 is 2.72 bits per heavy atom. The van der Waals surface area contributed by atoms with E-state index >= 15 is 0 Å². The molecule has 200 valence electrons. The maximum atomic E-state index is 5.01. The van der Waals surface area contributed by atoms with E-state index < -0.39 is 0 Å². The number of fused-ring (bicyclic) bond motifs is 2. The molecule has 6 heterocycles. The zero-order valence-electron chi connectivity index (χ0n) is 22.3. The Hall–Kier alpha value is -3.89. The van der Waals surface area contributed by atoms with Gasteiger partial charge in [0.2, 0.25) is 0 Å². The summed E-state index contributed by atoms with van der Waals surface area (Å²) >= 11 is 0. The molecule has 0 spiro atoms. The molecule has 0 amide bonds. The van der Waals surface area contributed by atoms with Crippen molar-refractivity contribution in [3.63, 3.8) is 0 Å². The maximum Gasteiger partial charge on any atom is 0.161 e. The summed E-state index contributed by atoms with van der Waals surface area (Å²) in [6.45, 7) is 5.79. The number of piperazine rings is 1. The molecule has 1 aliphatic carbocycles. The number of nitrogens with one attached hydrogen (secondary N) is 3. The number of hydrogen-bond acceptors (Lipinski definition) is 8. The molecule has 0 unspecified atom stereocenters. The number of likely N-dealkylation sites (N-methyl/N-ethyl adjacent to an activating group) is 1. The van der Waals surface area contributed by atoms with E-state index in [0.717, 1.165) is 84.3 Å². The van der Waals surface area contributed by atoms with E-state index in [-0.39, 0.29) is 0 Å². The predicted molar refractivity (Wildman–Crippen MR) is 153 cm³/mol. The van der Waals surface area contributed by atoms with Crippen molar-refractivity contribution >= 4 is 27.9 Å². The fourth-order valence-corrected chi connectivity index (χ4v) is 5.87. The Balaban J connectivity index is 1.17.